The van der Waals surface area contributed by atoms with Crippen molar-refractivity contribution in [2.24, 2.45) is 0 Å². The van der Waals surface area contributed by atoms with Gasteiger partial charge >= 0.3 is 0 Å². The predicted molar refractivity (Wildman–Crippen MR) is 86.8 cm³/mol. The van der Waals surface area contributed by atoms with Gasteiger partial charge in [-0.3, -0.25) is 0 Å². The summed E-state index contributed by atoms with van der Waals surface area (Å²) in [6.45, 7) is 6.79. The van der Waals surface area contributed by atoms with Gasteiger partial charge in [0, 0.05) is 24.5 Å². The van der Waals surface area contributed by atoms with Crippen LogP contribution in [0.4, 0.5) is 0 Å². The smallest absolute Gasteiger partial charge is 0.244 e. The van der Waals surface area contributed by atoms with Crippen LogP contribution in [0, 0.1) is 20.8 Å². The number of sulfonamides is 1. The molecule has 2 rings (SSSR count). The molecule has 6 heteroatoms. The lowest BCUT2D eigenvalue weighted by molar-refractivity contribution is 0.402. The fourth-order valence-electron chi connectivity index (χ4n) is 2.42. The zero-order valence-corrected chi connectivity index (χ0v) is 14.2. The molecule has 0 saturated heterocycles. The third-order valence-corrected chi connectivity index (χ3v) is 5.14. The van der Waals surface area contributed by atoms with Crippen LogP contribution in [-0.4, -0.2) is 26.6 Å². The van der Waals surface area contributed by atoms with E-state index in [4.69, 9.17) is 4.74 Å². The van der Waals surface area contributed by atoms with Gasteiger partial charge in [0.05, 0.1) is 7.11 Å². The number of nitrogens with one attached hydrogen (secondary N) is 1. The molecule has 0 aliphatic rings. The average Bonchev–Trinajstić information content (AvgIpc) is 2.79. The van der Waals surface area contributed by atoms with Crippen molar-refractivity contribution in [3.05, 3.63) is 47.3 Å². The third-order valence-electron chi connectivity index (χ3n) is 3.65. The Morgan fingerprint density at radius 3 is 2.32 bits per heavy atom. The van der Waals surface area contributed by atoms with E-state index in [0.717, 1.165) is 17.0 Å². The van der Waals surface area contributed by atoms with Crippen LogP contribution in [-0.2, 0) is 16.6 Å². The van der Waals surface area contributed by atoms with E-state index in [2.05, 4.69) is 9.29 Å². The molecule has 22 heavy (non-hydrogen) atoms. The van der Waals surface area contributed by atoms with E-state index < -0.39 is 10.0 Å². The minimum Gasteiger partial charge on any atom is -0.495 e. The molecule has 0 bridgehead atoms. The molecule has 120 valence electrons. The lowest BCUT2D eigenvalue weighted by Gasteiger charge is -2.13. The summed E-state index contributed by atoms with van der Waals surface area (Å²) in [5, 5.41) is 0. The van der Waals surface area contributed by atoms with Gasteiger partial charge in [-0.1, -0.05) is 6.07 Å². The average molecular weight is 322 g/mol. The predicted octanol–water partition coefficient (Wildman–Crippen LogP) is 2.40. The van der Waals surface area contributed by atoms with Gasteiger partial charge in [0.25, 0.3) is 0 Å². The number of hydrogen-bond acceptors (Lipinski definition) is 3. The maximum absolute atomic E-state index is 12.5. The Labute approximate surface area is 132 Å². The fraction of sp³-hybridized carbons (Fsp3) is 0.375. The molecule has 1 heterocycles. The first kappa shape index (κ1) is 16.6. The van der Waals surface area contributed by atoms with Crippen molar-refractivity contribution < 1.29 is 13.2 Å². The second kappa shape index (κ2) is 6.54. The summed E-state index contributed by atoms with van der Waals surface area (Å²) < 4.78 is 34.8. The zero-order chi connectivity index (χ0) is 16.3. The number of ether oxygens (including phenoxy) is 1. The second-order valence-corrected chi connectivity index (χ2v) is 7.06. The summed E-state index contributed by atoms with van der Waals surface area (Å²) in [7, 11) is -2.12. The normalized spacial score (nSPS) is 11.6. The summed E-state index contributed by atoms with van der Waals surface area (Å²) in [4.78, 5) is 0.177. The molecule has 0 spiro atoms. The van der Waals surface area contributed by atoms with Crippen molar-refractivity contribution in [3.63, 3.8) is 0 Å². The van der Waals surface area contributed by atoms with Gasteiger partial charge in [0.15, 0.2) is 0 Å². The number of hydrogen-bond donors (Lipinski definition) is 1. The van der Waals surface area contributed by atoms with E-state index in [0.29, 0.717) is 18.8 Å². The largest absolute Gasteiger partial charge is 0.495 e. The van der Waals surface area contributed by atoms with Crippen molar-refractivity contribution in [3.8, 4) is 5.75 Å². The van der Waals surface area contributed by atoms with Crippen LogP contribution in [0.25, 0.3) is 0 Å². The lowest BCUT2D eigenvalue weighted by atomic mass is 10.2. The molecule has 1 aromatic heterocycles. The number of rotatable bonds is 6. The molecule has 2 aromatic rings. The van der Waals surface area contributed by atoms with Gasteiger partial charge in [-0.05, 0) is 50.6 Å². The van der Waals surface area contributed by atoms with Crippen LogP contribution < -0.4 is 9.46 Å². The van der Waals surface area contributed by atoms with Crippen molar-refractivity contribution >= 4 is 10.0 Å². The summed E-state index contributed by atoms with van der Waals surface area (Å²) in [6.07, 6.45) is 0. The molecule has 1 N–H and O–H groups in total. The molecule has 0 fully saturated rings. The van der Waals surface area contributed by atoms with Crippen molar-refractivity contribution in [2.75, 3.05) is 13.7 Å². The van der Waals surface area contributed by atoms with E-state index >= 15 is 0 Å². The van der Waals surface area contributed by atoms with Gasteiger partial charge in [-0.2, -0.15) is 0 Å². The Morgan fingerprint density at radius 1 is 1.09 bits per heavy atom. The van der Waals surface area contributed by atoms with Gasteiger partial charge in [-0.15, -0.1) is 0 Å². The van der Waals surface area contributed by atoms with E-state index in [1.165, 1.54) is 7.11 Å². The highest BCUT2D eigenvalue weighted by atomic mass is 32.2. The summed E-state index contributed by atoms with van der Waals surface area (Å²) >= 11 is 0. The molecule has 5 nitrogen and oxygen atoms in total. The van der Waals surface area contributed by atoms with Crippen LogP contribution in [0.1, 0.15) is 17.0 Å². The van der Waals surface area contributed by atoms with Crippen molar-refractivity contribution in [1.82, 2.24) is 9.29 Å². The molecule has 0 unspecified atom stereocenters. The molecule has 0 saturated carbocycles. The van der Waals surface area contributed by atoms with E-state index in [1.54, 1.807) is 12.1 Å². The number of aryl methyl sites for hydroxylation is 3. The maximum atomic E-state index is 12.5. The first-order valence-electron chi connectivity index (χ1n) is 7.12. The maximum Gasteiger partial charge on any atom is 0.244 e. The molecule has 0 aliphatic heterocycles. The van der Waals surface area contributed by atoms with E-state index in [9.17, 15) is 8.42 Å². The monoisotopic (exact) mass is 322 g/mol. The zero-order valence-electron chi connectivity index (χ0n) is 13.4. The van der Waals surface area contributed by atoms with Gasteiger partial charge in [0.1, 0.15) is 10.6 Å². The highest BCUT2D eigenvalue weighted by Gasteiger charge is 2.19. The quantitative estimate of drug-likeness (QED) is 0.888. The standard InChI is InChI=1S/C16H22N2O3S/c1-12-5-8-15(21-4)16(11-12)22(19,20)17-9-10-18-13(2)6-7-14(18)3/h5-8,11,17H,9-10H2,1-4H3. The van der Waals surface area contributed by atoms with Gasteiger partial charge < -0.3 is 9.30 Å². The highest BCUT2D eigenvalue weighted by Crippen LogP contribution is 2.24. The van der Waals surface area contributed by atoms with E-state index in [1.807, 2.05) is 39.0 Å². The van der Waals surface area contributed by atoms with Crippen LogP contribution in [0.2, 0.25) is 0 Å². The van der Waals surface area contributed by atoms with Gasteiger partial charge in [0.2, 0.25) is 10.0 Å². The lowest BCUT2D eigenvalue weighted by Crippen LogP contribution is -2.28. The number of aromatic nitrogens is 1. The van der Waals surface area contributed by atoms with Gasteiger partial charge in [-0.25, -0.2) is 13.1 Å². The molecule has 0 aliphatic carbocycles. The molecular formula is C16H22N2O3S. The summed E-state index contributed by atoms with van der Waals surface area (Å²) in [5.74, 6) is 0.353. The Kier molecular flexibility index (Phi) is 4.93. The molecule has 0 atom stereocenters. The Hall–Kier alpha value is -1.79. The summed E-state index contributed by atoms with van der Waals surface area (Å²) in [6, 6.07) is 9.16. The Bertz CT molecular complexity index is 744. The minimum absolute atomic E-state index is 0.177. The van der Waals surface area contributed by atoms with Crippen LogP contribution in [0.15, 0.2) is 35.2 Å². The first-order chi connectivity index (χ1) is 10.3. The molecule has 0 radical (unpaired) electrons. The SMILES string of the molecule is COc1ccc(C)cc1S(=O)(=O)NCCn1c(C)ccc1C. The topological polar surface area (TPSA) is 60.3 Å². The van der Waals surface area contributed by atoms with Crippen LogP contribution in [0.5, 0.6) is 5.75 Å². The Morgan fingerprint density at radius 2 is 1.73 bits per heavy atom. The molecule has 0 amide bonds. The fourth-order valence-corrected chi connectivity index (χ4v) is 3.69. The number of nitrogens with zero attached hydrogens (tertiary/aromatic N) is 1. The van der Waals surface area contributed by atoms with Crippen molar-refractivity contribution in [1.29, 1.82) is 0 Å². The van der Waals surface area contributed by atoms with Crippen LogP contribution in [0.3, 0.4) is 0 Å². The van der Waals surface area contributed by atoms with Crippen molar-refractivity contribution in [2.45, 2.75) is 32.2 Å². The molecule has 1 aromatic carbocycles. The Balaban J connectivity index is 2.14. The third kappa shape index (κ3) is 3.51. The highest BCUT2D eigenvalue weighted by molar-refractivity contribution is 7.89. The second-order valence-electron chi connectivity index (χ2n) is 5.32. The van der Waals surface area contributed by atoms with E-state index in [-0.39, 0.29) is 4.90 Å². The summed E-state index contributed by atoms with van der Waals surface area (Å²) in [5.41, 5.74) is 3.10. The number of benzene rings is 1. The molecular weight excluding hydrogens is 300 g/mol. The van der Waals surface area contributed by atoms with Crippen LogP contribution >= 0.6 is 0 Å². The minimum atomic E-state index is -3.59. The first-order valence-corrected chi connectivity index (χ1v) is 8.60. The number of methoxy groups -OCH3 is 1.